The Bertz CT molecular complexity index is 718. The van der Waals surface area contributed by atoms with Crippen LogP contribution in [0.4, 0.5) is 0 Å². The third-order valence-corrected chi connectivity index (χ3v) is 4.23. The number of hydrogen-bond acceptors (Lipinski definition) is 4. The number of benzene rings is 1. The van der Waals surface area contributed by atoms with E-state index in [1.54, 1.807) is 23.9 Å². The fourth-order valence-corrected chi connectivity index (χ4v) is 2.71. The number of halogens is 1. The van der Waals surface area contributed by atoms with Crippen LogP contribution in [0.5, 0.6) is 0 Å². The van der Waals surface area contributed by atoms with Gasteiger partial charge in [-0.15, -0.1) is 11.8 Å². The van der Waals surface area contributed by atoms with Gasteiger partial charge in [0, 0.05) is 24.1 Å². The van der Waals surface area contributed by atoms with Crippen LogP contribution in [0.15, 0.2) is 30.5 Å². The summed E-state index contributed by atoms with van der Waals surface area (Å²) in [6.07, 6.45) is 1.75. The number of aryl methyl sites for hydroxylation is 1. The van der Waals surface area contributed by atoms with Crippen molar-refractivity contribution in [1.82, 2.24) is 15.1 Å². The fourth-order valence-electron chi connectivity index (χ4n) is 1.93. The Hall–Kier alpha value is -1.99. The topological polar surface area (TPSA) is 84.2 Å². The second kappa shape index (κ2) is 8.03. The van der Waals surface area contributed by atoms with E-state index in [1.165, 1.54) is 11.8 Å². The molecule has 6 nitrogen and oxygen atoms in total. The minimum absolute atomic E-state index is 0.0238. The predicted octanol–water partition coefficient (Wildman–Crippen LogP) is 2.38. The first kappa shape index (κ1) is 17.4. The number of hydrogen-bond donors (Lipinski definition) is 2. The molecule has 0 aliphatic rings. The molecule has 0 saturated heterocycles. The van der Waals surface area contributed by atoms with E-state index in [9.17, 15) is 9.59 Å². The predicted molar refractivity (Wildman–Crippen MR) is 90.6 cm³/mol. The Labute approximate surface area is 142 Å². The van der Waals surface area contributed by atoms with Crippen LogP contribution in [-0.4, -0.2) is 44.8 Å². The Kier molecular flexibility index (Phi) is 6.06. The minimum Gasteiger partial charge on any atom is -0.481 e. The van der Waals surface area contributed by atoms with Crippen LogP contribution >= 0.6 is 23.4 Å². The minimum atomic E-state index is -0.865. The first-order valence-electron chi connectivity index (χ1n) is 6.88. The number of nitrogens with zero attached hydrogens (tertiary/aromatic N) is 2. The normalized spacial score (nSPS) is 10.5. The fraction of sp³-hybridized carbons (Fsp3) is 0.267. The highest BCUT2D eigenvalue weighted by atomic mass is 35.5. The summed E-state index contributed by atoms with van der Waals surface area (Å²) in [6.45, 7) is 2.18. The summed E-state index contributed by atoms with van der Waals surface area (Å²) in [6, 6.07) is 7.24. The van der Waals surface area contributed by atoms with Crippen LogP contribution in [0.25, 0.3) is 5.69 Å². The van der Waals surface area contributed by atoms with Crippen LogP contribution in [0.3, 0.4) is 0 Å². The van der Waals surface area contributed by atoms with Gasteiger partial charge in [0.25, 0.3) is 5.91 Å². The molecule has 0 radical (unpaired) electrons. The number of nitrogens with one attached hydrogen (secondary N) is 1. The molecule has 1 amide bonds. The highest BCUT2D eigenvalue weighted by Gasteiger charge is 2.15. The van der Waals surface area contributed by atoms with Crippen molar-refractivity contribution in [2.45, 2.75) is 6.92 Å². The molecule has 0 saturated carbocycles. The van der Waals surface area contributed by atoms with Crippen LogP contribution in [0.2, 0.25) is 5.02 Å². The summed E-state index contributed by atoms with van der Waals surface area (Å²) in [4.78, 5) is 22.5. The van der Waals surface area contributed by atoms with E-state index in [4.69, 9.17) is 16.7 Å². The molecule has 23 heavy (non-hydrogen) atoms. The Balaban J connectivity index is 1.99. The number of amides is 1. The molecular formula is C15H16ClN3O3S. The van der Waals surface area contributed by atoms with Gasteiger partial charge in [-0.1, -0.05) is 23.7 Å². The molecule has 2 aromatic rings. The summed E-state index contributed by atoms with van der Waals surface area (Å²) in [5.74, 6) is -0.599. The Morgan fingerprint density at radius 3 is 2.83 bits per heavy atom. The van der Waals surface area contributed by atoms with E-state index in [2.05, 4.69) is 10.4 Å². The largest absolute Gasteiger partial charge is 0.481 e. The van der Waals surface area contributed by atoms with Gasteiger partial charge >= 0.3 is 5.97 Å². The van der Waals surface area contributed by atoms with Crippen molar-refractivity contribution in [1.29, 1.82) is 0 Å². The summed E-state index contributed by atoms with van der Waals surface area (Å²) >= 11 is 7.38. The quantitative estimate of drug-likeness (QED) is 0.746. The van der Waals surface area contributed by atoms with E-state index in [0.29, 0.717) is 28.7 Å². The molecule has 122 valence electrons. The van der Waals surface area contributed by atoms with Gasteiger partial charge in [0.1, 0.15) is 0 Å². The lowest BCUT2D eigenvalue weighted by atomic mass is 10.2. The first-order valence-corrected chi connectivity index (χ1v) is 8.41. The summed E-state index contributed by atoms with van der Waals surface area (Å²) in [7, 11) is 0. The number of para-hydroxylation sites is 1. The average Bonchev–Trinajstić information content (AvgIpc) is 2.88. The van der Waals surface area contributed by atoms with Crippen molar-refractivity contribution in [3.63, 3.8) is 0 Å². The maximum Gasteiger partial charge on any atom is 0.313 e. The van der Waals surface area contributed by atoms with Crippen LogP contribution < -0.4 is 5.32 Å². The van der Waals surface area contributed by atoms with Gasteiger partial charge in [-0.2, -0.15) is 5.10 Å². The number of carboxylic acid groups (broad SMARTS) is 1. The van der Waals surface area contributed by atoms with Crippen LogP contribution in [-0.2, 0) is 4.79 Å². The van der Waals surface area contributed by atoms with Gasteiger partial charge in [0.15, 0.2) is 5.69 Å². The van der Waals surface area contributed by atoms with Gasteiger partial charge in [-0.3, -0.25) is 9.59 Å². The molecule has 0 unspecified atom stereocenters. The zero-order valence-electron chi connectivity index (χ0n) is 12.5. The lowest BCUT2D eigenvalue weighted by Crippen LogP contribution is -2.27. The van der Waals surface area contributed by atoms with E-state index >= 15 is 0 Å². The molecule has 1 aromatic heterocycles. The van der Waals surface area contributed by atoms with E-state index in [0.717, 1.165) is 5.56 Å². The molecule has 2 N–H and O–H groups in total. The molecule has 0 fully saturated rings. The van der Waals surface area contributed by atoms with Gasteiger partial charge in [0.05, 0.1) is 16.5 Å². The third-order valence-electron chi connectivity index (χ3n) is 2.97. The molecule has 0 atom stereocenters. The molecule has 1 heterocycles. The first-order chi connectivity index (χ1) is 11.0. The third kappa shape index (κ3) is 4.74. The van der Waals surface area contributed by atoms with Gasteiger partial charge in [-0.05, 0) is 19.1 Å². The molecule has 0 aliphatic heterocycles. The summed E-state index contributed by atoms with van der Waals surface area (Å²) in [5.41, 5.74) is 1.77. The SMILES string of the molecule is Cc1cn(-c2ccccc2Cl)nc1C(=O)NCCSCC(=O)O. The smallest absolute Gasteiger partial charge is 0.313 e. The van der Waals surface area contributed by atoms with Gasteiger partial charge < -0.3 is 10.4 Å². The number of carboxylic acids is 1. The van der Waals surface area contributed by atoms with E-state index < -0.39 is 5.97 Å². The average molecular weight is 354 g/mol. The molecular weight excluding hydrogens is 338 g/mol. The number of aromatic nitrogens is 2. The van der Waals surface area contributed by atoms with Crippen molar-refractivity contribution in [3.8, 4) is 5.69 Å². The molecule has 1 aromatic carbocycles. The van der Waals surface area contributed by atoms with Gasteiger partial charge in [-0.25, -0.2) is 4.68 Å². The number of aliphatic carboxylic acids is 1. The second-order valence-electron chi connectivity index (χ2n) is 4.76. The maximum absolute atomic E-state index is 12.1. The van der Waals surface area contributed by atoms with Crippen molar-refractivity contribution in [3.05, 3.63) is 46.7 Å². The summed E-state index contributed by atoms with van der Waals surface area (Å²) in [5, 5.41) is 16.1. The van der Waals surface area contributed by atoms with E-state index in [-0.39, 0.29) is 11.7 Å². The number of carbonyl (C=O) groups is 2. The number of carbonyl (C=O) groups excluding carboxylic acids is 1. The van der Waals surface area contributed by atoms with Crippen molar-refractivity contribution >= 4 is 35.2 Å². The van der Waals surface area contributed by atoms with Crippen LogP contribution in [0, 0.1) is 6.92 Å². The summed E-state index contributed by atoms with van der Waals surface area (Å²) < 4.78 is 1.58. The number of thioether (sulfide) groups is 1. The van der Waals surface area contributed by atoms with Crippen molar-refractivity contribution in [2.75, 3.05) is 18.1 Å². The molecule has 0 aliphatic carbocycles. The lowest BCUT2D eigenvalue weighted by molar-refractivity contribution is -0.133. The van der Waals surface area contributed by atoms with Crippen LogP contribution in [0.1, 0.15) is 16.1 Å². The Morgan fingerprint density at radius 2 is 2.13 bits per heavy atom. The standard InChI is InChI=1S/C15H16ClN3O3S/c1-10-8-19(12-5-3-2-4-11(12)16)18-14(10)15(22)17-6-7-23-9-13(20)21/h2-5,8H,6-7,9H2,1H3,(H,17,22)(H,20,21). The maximum atomic E-state index is 12.1. The van der Waals surface area contributed by atoms with E-state index in [1.807, 2.05) is 18.2 Å². The highest BCUT2D eigenvalue weighted by molar-refractivity contribution is 7.99. The van der Waals surface area contributed by atoms with Gasteiger partial charge in [0.2, 0.25) is 0 Å². The lowest BCUT2D eigenvalue weighted by Gasteiger charge is -2.04. The molecule has 0 bridgehead atoms. The Morgan fingerprint density at radius 1 is 1.39 bits per heavy atom. The zero-order valence-corrected chi connectivity index (χ0v) is 14.0. The zero-order chi connectivity index (χ0) is 16.8. The van der Waals surface area contributed by atoms with Crippen molar-refractivity contribution in [2.24, 2.45) is 0 Å². The monoisotopic (exact) mass is 353 g/mol. The molecule has 8 heteroatoms. The number of rotatable bonds is 7. The molecule has 0 spiro atoms. The highest BCUT2D eigenvalue weighted by Crippen LogP contribution is 2.20. The van der Waals surface area contributed by atoms with Crippen molar-refractivity contribution < 1.29 is 14.7 Å². The second-order valence-corrected chi connectivity index (χ2v) is 6.27. The molecule has 2 rings (SSSR count).